The lowest BCUT2D eigenvalue weighted by Crippen LogP contribution is -2.44. The quantitative estimate of drug-likeness (QED) is 0.542. The molecule has 3 N–H and O–H groups in total. The maximum absolute atomic E-state index is 13.2. The Labute approximate surface area is 199 Å². The molecular weight excluding hydrogens is 426 g/mol. The van der Waals surface area contributed by atoms with Crippen LogP contribution in [0, 0.1) is 0 Å². The van der Waals surface area contributed by atoms with Gasteiger partial charge in [-0.05, 0) is 67.8 Å². The SMILES string of the molecule is CN1CCN(c2ccc(NC(=O)c3c(N[C@@H]4CCCc5ccccc54)cc[nH]c3=O)cc2)CC1. The molecule has 0 bridgehead atoms. The van der Waals surface area contributed by atoms with Crippen molar-refractivity contribution in [1.29, 1.82) is 0 Å². The number of aromatic amines is 1. The van der Waals surface area contributed by atoms with Crippen molar-refractivity contribution < 1.29 is 4.79 Å². The van der Waals surface area contributed by atoms with Crippen molar-refractivity contribution >= 4 is 23.0 Å². The van der Waals surface area contributed by atoms with E-state index in [-0.39, 0.29) is 11.6 Å². The fourth-order valence-corrected chi connectivity index (χ4v) is 4.93. The number of piperazine rings is 1. The molecular formula is C27H31N5O2. The van der Waals surface area contributed by atoms with Crippen molar-refractivity contribution in [3.05, 3.63) is 87.8 Å². The van der Waals surface area contributed by atoms with Crippen LogP contribution in [0.1, 0.15) is 40.4 Å². The number of rotatable bonds is 5. The van der Waals surface area contributed by atoms with Gasteiger partial charge in [0.05, 0.1) is 11.7 Å². The van der Waals surface area contributed by atoms with Gasteiger partial charge in [-0.25, -0.2) is 0 Å². The Morgan fingerprint density at radius 1 is 1.00 bits per heavy atom. The minimum atomic E-state index is -0.416. The molecule has 34 heavy (non-hydrogen) atoms. The molecule has 1 amide bonds. The van der Waals surface area contributed by atoms with Crippen LogP contribution in [0.2, 0.25) is 0 Å². The normalized spacial score (nSPS) is 18.3. The second-order valence-corrected chi connectivity index (χ2v) is 9.17. The molecule has 0 unspecified atom stereocenters. The summed E-state index contributed by atoms with van der Waals surface area (Å²) in [4.78, 5) is 33.2. The molecule has 2 aromatic carbocycles. The predicted molar refractivity (Wildman–Crippen MR) is 137 cm³/mol. The number of fused-ring (bicyclic) bond motifs is 1. The largest absolute Gasteiger partial charge is 0.377 e. The van der Waals surface area contributed by atoms with E-state index >= 15 is 0 Å². The molecule has 0 spiro atoms. The van der Waals surface area contributed by atoms with Crippen LogP contribution in [-0.2, 0) is 6.42 Å². The summed E-state index contributed by atoms with van der Waals surface area (Å²) in [7, 11) is 2.14. The van der Waals surface area contributed by atoms with Crippen molar-refractivity contribution in [3.63, 3.8) is 0 Å². The molecule has 1 aliphatic carbocycles. The van der Waals surface area contributed by atoms with Crippen LogP contribution < -0.4 is 21.1 Å². The van der Waals surface area contributed by atoms with Gasteiger partial charge in [0.2, 0.25) is 0 Å². The molecule has 3 aromatic rings. The van der Waals surface area contributed by atoms with E-state index in [4.69, 9.17) is 0 Å². The lowest BCUT2D eigenvalue weighted by atomic mass is 9.87. The molecule has 2 aliphatic rings. The van der Waals surface area contributed by atoms with Crippen molar-refractivity contribution in [1.82, 2.24) is 9.88 Å². The Morgan fingerprint density at radius 3 is 2.56 bits per heavy atom. The summed E-state index contributed by atoms with van der Waals surface area (Å²) in [5.41, 5.74) is 4.62. The van der Waals surface area contributed by atoms with Crippen molar-refractivity contribution in [3.8, 4) is 0 Å². The van der Waals surface area contributed by atoms with Gasteiger partial charge in [-0.1, -0.05) is 24.3 Å². The number of nitrogens with one attached hydrogen (secondary N) is 3. The average molecular weight is 458 g/mol. The highest BCUT2D eigenvalue weighted by atomic mass is 16.2. The number of nitrogens with zero attached hydrogens (tertiary/aromatic N) is 2. The van der Waals surface area contributed by atoms with E-state index in [1.807, 2.05) is 30.3 Å². The number of hydrogen-bond donors (Lipinski definition) is 3. The number of anilines is 3. The van der Waals surface area contributed by atoms with Crippen molar-refractivity contribution in [2.24, 2.45) is 0 Å². The van der Waals surface area contributed by atoms with E-state index in [1.165, 1.54) is 11.1 Å². The number of carbonyl (C=O) groups excluding carboxylic acids is 1. The summed E-state index contributed by atoms with van der Waals surface area (Å²) in [5.74, 6) is -0.416. The van der Waals surface area contributed by atoms with Crippen LogP contribution in [0.4, 0.5) is 17.1 Å². The van der Waals surface area contributed by atoms with Crippen LogP contribution >= 0.6 is 0 Å². The first-order valence-electron chi connectivity index (χ1n) is 12.0. The van der Waals surface area contributed by atoms with Crippen molar-refractivity contribution in [2.75, 3.05) is 48.8 Å². The topological polar surface area (TPSA) is 80.5 Å². The standard InChI is InChI=1S/C27H31N5O2/c1-31-15-17-32(18-16-31)21-11-9-20(10-12-21)29-27(34)25-24(13-14-28-26(25)33)30-23-8-4-6-19-5-2-3-7-22(19)23/h2-3,5,7,9-14,23H,4,6,8,15-18H2,1H3,(H,29,34)(H2,28,30,33)/t23-/m1/s1. The molecule has 1 fully saturated rings. The van der Waals surface area contributed by atoms with E-state index in [1.54, 1.807) is 12.3 Å². The molecule has 1 aliphatic heterocycles. The third-order valence-electron chi connectivity index (χ3n) is 6.88. The number of aromatic nitrogens is 1. The number of amides is 1. The highest BCUT2D eigenvalue weighted by Gasteiger charge is 2.23. The fraction of sp³-hybridized carbons (Fsp3) is 0.333. The Bertz CT molecular complexity index is 1210. The molecule has 2 heterocycles. The lowest BCUT2D eigenvalue weighted by molar-refractivity contribution is 0.102. The second kappa shape index (κ2) is 9.73. The van der Waals surface area contributed by atoms with Crippen LogP contribution in [0.25, 0.3) is 0 Å². The van der Waals surface area contributed by atoms with E-state index in [0.717, 1.165) is 51.1 Å². The van der Waals surface area contributed by atoms with Gasteiger partial charge in [0.25, 0.3) is 11.5 Å². The summed E-state index contributed by atoms with van der Waals surface area (Å²) in [5, 5.41) is 6.38. The molecule has 7 heteroatoms. The molecule has 0 saturated carbocycles. The van der Waals surface area contributed by atoms with Crippen LogP contribution in [-0.4, -0.2) is 49.0 Å². The number of carbonyl (C=O) groups is 1. The van der Waals surface area contributed by atoms with E-state index in [0.29, 0.717) is 11.4 Å². The van der Waals surface area contributed by atoms with E-state index in [2.05, 4.69) is 50.7 Å². The summed E-state index contributed by atoms with van der Waals surface area (Å²) in [6, 6.07) is 18.0. The molecule has 1 aromatic heterocycles. The molecule has 5 rings (SSSR count). The maximum atomic E-state index is 13.2. The van der Waals surface area contributed by atoms with Gasteiger partial charge in [0.1, 0.15) is 5.56 Å². The van der Waals surface area contributed by atoms with Gasteiger partial charge in [-0.3, -0.25) is 9.59 Å². The van der Waals surface area contributed by atoms with Gasteiger partial charge < -0.3 is 25.4 Å². The van der Waals surface area contributed by atoms with Gasteiger partial charge in [-0.15, -0.1) is 0 Å². The van der Waals surface area contributed by atoms with Crippen LogP contribution in [0.15, 0.2) is 65.6 Å². The minimum absolute atomic E-state index is 0.0705. The first kappa shape index (κ1) is 22.2. The third kappa shape index (κ3) is 4.70. The third-order valence-corrected chi connectivity index (χ3v) is 6.88. The Balaban J connectivity index is 1.33. The number of H-pyrrole nitrogens is 1. The Kier molecular flexibility index (Phi) is 6.36. The lowest BCUT2D eigenvalue weighted by Gasteiger charge is -2.34. The zero-order valence-corrected chi connectivity index (χ0v) is 19.5. The smallest absolute Gasteiger partial charge is 0.263 e. The summed E-state index contributed by atoms with van der Waals surface area (Å²) in [6.45, 7) is 4.05. The number of aryl methyl sites for hydroxylation is 1. The number of hydrogen-bond acceptors (Lipinski definition) is 5. The van der Waals surface area contributed by atoms with E-state index in [9.17, 15) is 9.59 Å². The van der Waals surface area contributed by atoms with Gasteiger partial charge in [0, 0.05) is 43.8 Å². The minimum Gasteiger partial charge on any atom is -0.377 e. The monoisotopic (exact) mass is 457 g/mol. The van der Waals surface area contributed by atoms with Crippen LogP contribution in [0.5, 0.6) is 0 Å². The first-order valence-corrected chi connectivity index (χ1v) is 12.0. The fourth-order valence-electron chi connectivity index (χ4n) is 4.93. The highest BCUT2D eigenvalue weighted by molar-refractivity contribution is 6.07. The molecule has 1 atom stereocenters. The number of benzene rings is 2. The second-order valence-electron chi connectivity index (χ2n) is 9.17. The molecule has 0 radical (unpaired) electrons. The van der Waals surface area contributed by atoms with Gasteiger partial charge in [0.15, 0.2) is 0 Å². The summed E-state index contributed by atoms with van der Waals surface area (Å²) >= 11 is 0. The van der Waals surface area contributed by atoms with Gasteiger partial charge in [-0.2, -0.15) is 0 Å². The van der Waals surface area contributed by atoms with E-state index < -0.39 is 11.5 Å². The molecule has 176 valence electrons. The van der Waals surface area contributed by atoms with Crippen LogP contribution in [0.3, 0.4) is 0 Å². The van der Waals surface area contributed by atoms with Gasteiger partial charge >= 0.3 is 0 Å². The Hall–Kier alpha value is -3.58. The zero-order valence-electron chi connectivity index (χ0n) is 19.5. The first-order chi connectivity index (χ1) is 16.6. The van der Waals surface area contributed by atoms with Crippen molar-refractivity contribution in [2.45, 2.75) is 25.3 Å². The summed E-state index contributed by atoms with van der Waals surface area (Å²) < 4.78 is 0. The summed E-state index contributed by atoms with van der Waals surface area (Å²) in [6.07, 6.45) is 4.67. The average Bonchev–Trinajstić information content (AvgIpc) is 2.85. The Morgan fingerprint density at radius 2 is 1.76 bits per heavy atom. The molecule has 7 nitrogen and oxygen atoms in total. The highest BCUT2D eigenvalue weighted by Crippen LogP contribution is 2.33. The zero-order chi connectivity index (χ0) is 23.5. The maximum Gasteiger partial charge on any atom is 0.263 e. The predicted octanol–water partition coefficient (Wildman–Crippen LogP) is 3.87. The number of likely N-dealkylation sites (N-methyl/N-ethyl adjacent to an activating group) is 1. The number of pyridine rings is 1. The molecule has 1 saturated heterocycles.